The van der Waals surface area contributed by atoms with E-state index in [9.17, 15) is 9.59 Å². The number of carbonyl (C=O) groups is 2. The number of rotatable bonds is 5. The molecule has 4 heteroatoms. The van der Waals surface area contributed by atoms with E-state index in [1.807, 2.05) is 0 Å². The first-order valence-corrected chi connectivity index (χ1v) is 4.21. The van der Waals surface area contributed by atoms with Crippen molar-refractivity contribution in [2.24, 2.45) is 5.92 Å². The second kappa shape index (κ2) is 6.22. The van der Waals surface area contributed by atoms with Crippen molar-refractivity contribution in [2.45, 2.75) is 20.3 Å². The average molecular weight is 185 g/mol. The van der Waals surface area contributed by atoms with E-state index in [1.165, 1.54) is 6.08 Å². The van der Waals surface area contributed by atoms with Crippen LogP contribution in [0.3, 0.4) is 0 Å². The quantitative estimate of drug-likeness (QED) is 0.622. The smallest absolute Gasteiger partial charge is 0.306 e. The van der Waals surface area contributed by atoms with Crippen molar-refractivity contribution in [3.8, 4) is 0 Å². The third kappa shape index (κ3) is 5.90. The molecule has 0 rings (SSSR count). The van der Waals surface area contributed by atoms with Crippen molar-refractivity contribution >= 4 is 11.9 Å². The highest BCUT2D eigenvalue weighted by atomic mass is 16.4. The van der Waals surface area contributed by atoms with Crippen molar-refractivity contribution in [1.29, 1.82) is 0 Å². The second-order valence-electron chi connectivity index (χ2n) is 2.82. The SMILES string of the molecule is C/C=C/C(=O)NCCC(C)C(=O)O. The number of hydrogen-bond donors (Lipinski definition) is 2. The summed E-state index contributed by atoms with van der Waals surface area (Å²) in [5.41, 5.74) is 0. The van der Waals surface area contributed by atoms with Gasteiger partial charge in [-0.1, -0.05) is 13.0 Å². The van der Waals surface area contributed by atoms with Crippen molar-refractivity contribution in [2.75, 3.05) is 6.54 Å². The summed E-state index contributed by atoms with van der Waals surface area (Å²) >= 11 is 0. The fourth-order valence-electron chi connectivity index (χ4n) is 0.746. The molecule has 1 atom stereocenters. The summed E-state index contributed by atoms with van der Waals surface area (Å²) in [6.45, 7) is 3.76. The first kappa shape index (κ1) is 11.7. The zero-order valence-corrected chi connectivity index (χ0v) is 7.91. The van der Waals surface area contributed by atoms with Gasteiger partial charge in [0.15, 0.2) is 0 Å². The van der Waals surface area contributed by atoms with Crippen LogP contribution in [0.15, 0.2) is 12.2 Å². The first-order chi connectivity index (χ1) is 6.07. The lowest BCUT2D eigenvalue weighted by Gasteiger charge is -2.05. The molecule has 0 aromatic heterocycles. The summed E-state index contributed by atoms with van der Waals surface area (Å²) in [5, 5.41) is 11.1. The van der Waals surface area contributed by atoms with Gasteiger partial charge in [-0.3, -0.25) is 9.59 Å². The first-order valence-electron chi connectivity index (χ1n) is 4.21. The number of allylic oxidation sites excluding steroid dienone is 1. The van der Waals surface area contributed by atoms with Crippen molar-refractivity contribution in [1.82, 2.24) is 5.32 Å². The number of nitrogens with one attached hydrogen (secondary N) is 1. The maximum absolute atomic E-state index is 10.8. The molecule has 0 saturated heterocycles. The molecule has 0 aliphatic carbocycles. The lowest BCUT2D eigenvalue weighted by atomic mass is 10.1. The largest absolute Gasteiger partial charge is 0.481 e. The van der Waals surface area contributed by atoms with Crippen LogP contribution < -0.4 is 5.32 Å². The van der Waals surface area contributed by atoms with Gasteiger partial charge < -0.3 is 10.4 Å². The molecule has 0 radical (unpaired) electrons. The Morgan fingerprint density at radius 3 is 2.62 bits per heavy atom. The molecule has 0 aromatic rings. The van der Waals surface area contributed by atoms with Gasteiger partial charge in [0.1, 0.15) is 0 Å². The Balaban J connectivity index is 3.56. The molecule has 0 aliphatic rings. The molecule has 1 unspecified atom stereocenters. The van der Waals surface area contributed by atoms with E-state index in [-0.39, 0.29) is 5.91 Å². The Hall–Kier alpha value is -1.32. The van der Waals surface area contributed by atoms with E-state index < -0.39 is 11.9 Å². The number of aliphatic carboxylic acids is 1. The van der Waals surface area contributed by atoms with E-state index in [0.717, 1.165) is 0 Å². The van der Waals surface area contributed by atoms with E-state index in [4.69, 9.17) is 5.11 Å². The van der Waals surface area contributed by atoms with Crippen LogP contribution in [0.2, 0.25) is 0 Å². The normalized spacial score (nSPS) is 12.8. The molecule has 0 heterocycles. The standard InChI is InChI=1S/C9H15NO3/c1-3-4-8(11)10-6-5-7(2)9(12)13/h3-4,7H,5-6H2,1-2H3,(H,10,11)(H,12,13)/b4-3+. The van der Waals surface area contributed by atoms with Gasteiger partial charge in [0.2, 0.25) is 5.91 Å². The summed E-state index contributed by atoms with van der Waals surface area (Å²) < 4.78 is 0. The summed E-state index contributed by atoms with van der Waals surface area (Å²) in [6, 6.07) is 0. The van der Waals surface area contributed by atoms with Crippen molar-refractivity contribution < 1.29 is 14.7 Å². The third-order valence-corrected chi connectivity index (χ3v) is 1.62. The zero-order chi connectivity index (χ0) is 10.3. The Morgan fingerprint density at radius 2 is 2.15 bits per heavy atom. The topological polar surface area (TPSA) is 66.4 Å². The molecular formula is C9H15NO3. The molecule has 4 nitrogen and oxygen atoms in total. The second-order valence-corrected chi connectivity index (χ2v) is 2.82. The van der Waals surface area contributed by atoms with Gasteiger partial charge in [-0.2, -0.15) is 0 Å². The van der Waals surface area contributed by atoms with E-state index >= 15 is 0 Å². The predicted molar refractivity (Wildman–Crippen MR) is 49.2 cm³/mol. The van der Waals surface area contributed by atoms with Crippen LogP contribution in [0.4, 0.5) is 0 Å². The van der Waals surface area contributed by atoms with Crippen LogP contribution in [0.25, 0.3) is 0 Å². The van der Waals surface area contributed by atoms with Crippen LogP contribution in [0, 0.1) is 5.92 Å². The molecule has 2 N–H and O–H groups in total. The highest BCUT2D eigenvalue weighted by Gasteiger charge is 2.09. The lowest BCUT2D eigenvalue weighted by molar-refractivity contribution is -0.141. The summed E-state index contributed by atoms with van der Waals surface area (Å²) in [7, 11) is 0. The highest BCUT2D eigenvalue weighted by molar-refractivity contribution is 5.87. The molecule has 0 aliphatic heterocycles. The van der Waals surface area contributed by atoms with Gasteiger partial charge in [0.05, 0.1) is 5.92 Å². The maximum atomic E-state index is 10.8. The predicted octanol–water partition coefficient (Wildman–Crippen LogP) is 0.790. The van der Waals surface area contributed by atoms with Crippen LogP contribution in [-0.4, -0.2) is 23.5 Å². The molecule has 0 saturated carbocycles. The maximum Gasteiger partial charge on any atom is 0.306 e. The summed E-state index contributed by atoms with van der Waals surface area (Å²) in [5.74, 6) is -1.42. The van der Waals surface area contributed by atoms with Gasteiger partial charge in [-0.05, 0) is 19.4 Å². The van der Waals surface area contributed by atoms with Crippen molar-refractivity contribution in [3.05, 3.63) is 12.2 Å². The molecule has 74 valence electrons. The Morgan fingerprint density at radius 1 is 1.54 bits per heavy atom. The van der Waals surface area contributed by atoms with Crippen molar-refractivity contribution in [3.63, 3.8) is 0 Å². The van der Waals surface area contributed by atoms with E-state index in [1.54, 1.807) is 19.9 Å². The zero-order valence-electron chi connectivity index (χ0n) is 7.91. The van der Waals surface area contributed by atoms with Crippen LogP contribution in [0.5, 0.6) is 0 Å². The minimum absolute atomic E-state index is 0.180. The monoisotopic (exact) mass is 185 g/mol. The molecular weight excluding hydrogens is 170 g/mol. The third-order valence-electron chi connectivity index (χ3n) is 1.62. The average Bonchev–Trinajstić information content (AvgIpc) is 2.04. The van der Waals surface area contributed by atoms with Crippen LogP contribution in [0.1, 0.15) is 20.3 Å². The number of amides is 1. The Kier molecular flexibility index (Phi) is 5.59. The Bertz CT molecular complexity index is 211. The number of carboxylic acids is 1. The lowest BCUT2D eigenvalue weighted by Crippen LogP contribution is -2.25. The van der Waals surface area contributed by atoms with Gasteiger partial charge in [0, 0.05) is 6.54 Å². The molecule has 0 fully saturated rings. The van der Waals surface area contributed by atoms with Gasteiger partial charge in [0.25, 0.3) is 0 Å². The minimum atomic E-state index is -0.833. The van der Waals surface area contributed by atoms with Crippen LogP contribution in [-0.2, 0) is 9.59 Å². The number of carbonyl (C=O) groups excluding carboxylic acids is 1. The minimum Gasteiger partial charge on any atom is -0.481 e. The molecule has 1 amide bonds. The highest BCUT2D eigenvalue weighted by Crippen LogP contribution is 1.99. The van der Waals surface area contributed by atoms with Gasteiger partial charge in [-0.15, -0.1) is 0 Å². The fourth-order valence-corrected chi connectivity index (χ4v) is 0.746. The van der Waals surface area contributed by atoms with E-state index in [2.05, 4.69) is 5.32 Å². The van der Waals surface area contributed by atoms with Gasteiger partial charge >= 0.3 is 5.97 Å². The Labute approximate surface area is 77.6 Å². The molecule has 0 aromatic carbocycles. The summed E-state index contributed by atoms with van der Waals surface area (Å²) in [4.78, 5) is 21.2. The number of carboxylic acid groups (broad SMARTS) is 1. The fraction of sp³-hybridized carbons (Fsp3) is 0.556. The van der Waals surface area contributed by atoms with Gasteiger partial charge in [-0.25, -0.2) is 0 Å². The molecule has 0 spiro atoms. The molecule has 0 bridgehead atoms. The summed E-state index contributed by atoms with van der Waals surface area (Å²) in [6.07, 6.45) is 3.50. The molecule has 13 heavy (non-hydrogen) atoms. The van der Waals surface area contributed by atoms with E-state index in [0.29, 0.717) is 13.0 Å². The number of hydrogen-bond acceptors (Lipinski definition) is 2. The van der Waals surface area contributed by atoms with Crippen LogP contribution >= 0.6 is 0 Å².